The molecule has 0 radical (unpaired) electrons. The molecule has 1 N–H and O–H groups in total. The Balaban J connectivity index is 1.40. The average molecular weight is 321 g/mol. The molecule has 1 aliphatic rings. The number of nitrogens with zero attached hydrogens (tertiary/aromatic N) is 2. The van der Waals surface area contributed by atoms with E-state index in [0.717, 1.165) is 10.9 Å². The maximum Gasteiger partial charge on any atom is 0.307 e. The number of para-hydroxylation sites is 1. The van der Waals surface area contributed by atoms with Gasteiger partial charge in [-0.2, -0.15) is 5.10 Å². The van der Waals surface area contributed by atoms with Gasteiger partial charge in [0.05, 0.1) is 6.21 Å². The second-order valence-electron chi connectivity index (χ2n) is 6.18. The van der Waals surface area contributed by atoms with Gasteiger partial charge in [-0.3, -0.25) is 4.79 Å². The van der Waals surface area contributed by atoms with Gasteiger partial charge < -0.3 is 8.98 Å². The van der Waals surface area contributed by atoms with Crippen LogP contribution in [-0.2, 0) is 0 Å². The molecule has 0 spiro atoms. The lowest BCUT2D eigenvalue weighted by atomic mass is 10.2. The van der Waals surface area contributed by atoms with Gasteiger partial charge in [-0.05, 0) is 31.0 Å². The van der Waals surface area contributed by atoms with Crippen LogP contribution in [0.1, 0.15) is 47.8 Å². The second-order valence-corrected chi connectivity index (χ2v) is 6.18. The van der Waals surface area contributed by atoms with Gasteiger partial charge in [0.1, 0.15) is 5.58 Å². The molecule has 0 aliphatic heterocycles. The summed E-state index contributed by atoms with van der Waals surface area (Å²) < 4.78 is 7.76. The molecule has 5 heteroatoms. The molecule has 1 aliphatic carbocycles. The number of hydrogen-bond donors (Lipinski definition) is 1. The quantitative estimate of drug-likeness (QED) is 0.580. The minimum absolute atomic E-state index is 0.261. The van der Waals surface area contributed by atoms with Crippen molar-refractivity contribution in [2.75, 3.05) is 0 Å². The number of fused-ring (bicyclic) bond motifs is 1. The molecule has 0 bridgehead atoms. The van der Waals surface area contributed by atoms with Gasteiger partial charge in [-0.1, -0.05) is 31.0 Å². The van der Waals surface area contributed by atoms with Crippen molar-refractivity contribution in [2.24, 2.45) is 5.10 Å². The number of nitrogens with one attached hydrogen (secondary N) is 1. The largest absolute Gasteiger partial charge is 0.451 e. The topological polar surface area (TPSA) is 59.5 Å². The van der Waals surface area contributed by atoms with Crippen molar-refractivity contribution in [1.82, 2.24) is 9.99 Å². The molecule has 1 aromatic carbocycles. The zero-order valence-electron chi connectivity index (χ0n) is 13.3. The van der Waals surface area contributed by atoms with Crippen molar-refractivity contribution < 1.29 is 9.21 Å². The van der Waals surface area contributed by atoms with Crippen LogP contribution < -0.4 is 5.43 Å². The number of hydrogen-bond acceptors (Lipinski definition) is 3. The zero-order chi connectivity index (χ0) is 16.4. The van der Waals surface area contributed by atoms with Crippen LogP contribution in [-0.4, -0.2) is 16.7 Å². The SMILES string of the molecule is O=C(N/N=C/c1ccn(C2CCCC2)c1)c1cc2ccccc2o1. The summed E-state index contributed by atoms with van der Waals surface area (Å²) >= 11 is 0. The summed E-state index contributed by atoms with van der Waals surface area (Å²) in [5.74, 6) is -0.0884. The first-order valence-corrected chi connectivity index (χ1v) is 8.29. The zero-order valence-corrected chi connectivity index (χ0v) is 13.3. The molecule has 4 rings (SSSR count). The van der Waals surface area contributed by atoms with E-state index in [0.29, 0.717) is 11.6 Å². The number of rotatable bonds is 4. The number of carbonyl (C=O) groups excluding carboxylic acids is 1. The standard InChI is InChI=1S/C19H19N3O2/c23-19(18-11-15-5-1-4-8-17(15)24-18)21-20-12-14-9-10-22(13-14)16-6-2-3-7-16/h1,4-5,8-13,16H,2-3,6-7H2,(H,21,23)/b20-12+. The van der Waals surface area contributed by atoms with Gasteiger partial charge in [0, 0.05) is 29.4 Å². The first-order valence-electron chi connectivity index (χ1n) is 8.29. The van der Waals surface area contributed by atoms with Gasteiger partial charge in [-0.15, -0.1) is 0 Å². The molecular formula is C19H19N3O2. The van der Waals surface area contributed by atoms with Crippen LogP contribution in [0.3, 0.4) is 0 Å². The molecule has 1 fully saturated rings. The van der Waals surface area contributed by atoms with Crippen molar-refractivity contribution in [3.8, 4) is 0 Å². The molecule has 2 heterocycles. The summed E-state index contributed by atoms with van der Waals surface area (Å²) in [6, 6.07) is 11.9. The molecule has 122 valence electrons. The third-order valence-electron chi connectivity index (χ3n) is 4.51. The fourth-order valence-corrected chi connectivity index (χ4v) is 3.25. The van der Waals surface area contributed by atoms with E-state index >= 15 is 0 Å². The highest BCUT2D eigenvalue weighted by Crippen LogP contribution is 2.29. The van der Waals surface area contributed by atoms with Crippen molar-refractivity contribution in [3.05, 3.63) is 60.1 Å². The first kappa shape index (κ1) is 14.8. The van der Waals surface area contributed by atoms with Crippen LogP contribution in [0.4, 0.5) is 0 Å². The van der Waals surface area contributed by atoms with Crippen LogP contribution in [0.15, 0.2) is 58.3 Å². The minimum atomic E-state index is -0.349. The van der Waals surface area contributed by atoms with Gasteiger partial charge in [0.15, 0.2) is 5.76 Å². The van der Waals surface area contributed by atoms with Crippen molar-refractivity contribution >= 4 is 23.1 Å². The predicted octanol–water partition coefficient (Wildman–Crippen LogP) is 4.11. The Hall–Kier alpha value is -2.82. The summed E-state index contributed by atoms with van der Waals surface area (Å²) in [7, 11) is 0. The highest BCUT2D eigenvalue weighted by molar-refractivity contribution is 5.96. The third-order valence-corrected chi connectivity index (χ3v) is 4.51. The minimum Gasteiger partial charge on any atom is -0.451 e. The second kappa shape index (κ2) is 6.35. The summed E-state index contributed by atoms with van der Waals surface area (Å²) in [6.45, 7) is 0. The number of furan rings is 1. The maximum absolute atomic E-state index is 12.1. The number of hydrazone groups is 1. The number of aromatic nitrogens is 1. The molecule has 0 saturated heterocycles. The normalized spacial score (nSPS) is 15.5. The van der Waals surface area contributed by atoms with E-state index < -0.39 is 0 Å². The van der Waals surface area contributed by atoms with Crippen molar-refractivity contribution in [2.45, 2.75) is 31.7 Å². The number of carbonyl (C=O) groups is 1. The Morgan fingerprint density at radius 3 is 2.92 bits per heavy atom. The van der Waals surface area contributed by atoms with Crippen molar-refractivity contribution in [3.63, 3.8) is 0 Å². The Bertz CT molecular complexity index is 852. The lowest BCUT2D eigenvalue weighted by Gasteiger charge is -2.10. The highest BCUT2D eigenvalue weighted by Gasteiger charge is 2.16. The Labute approximate surface area is 140 Å². The van der Waals surface area contributed by atoms with E-state index in [1.165, 1.54) is 25.7 Å². The highest BCUT2D eigenvalue weighted by atomic mass is 16.3. The van der Waals surface area contributed by atoms with Crippen LogP contribution >= 0.6 is 0 Å². The Kier molecular flexibility index (Phi) is 3.91. The molecule has 2 aromatic heterocycles. The molecule has 1 amide bonds. The lowest BCUT2D eigenvalue weighted by Crippen LogP contribution is -2.16. The monoisotopic (exact) mass is 321 g/mol. The van der Waals surface area contributed by atoms with Crippen LogP contribution in [0.2, 0.25) is 0 Å². The van der Waals surface area contributed by atoms with E-state index in [1.807, 2.05) is 30.3 Å². The van der Waals surface area contributed by atoms with E-state index in [2.05, 4.69) is 27.5 Å². The lowest BCUT2D eigenvalue weighted by molar-refractivity contribution is 0.0929. The molecule has 1 saturated carbocycles. The van der Waals surface area contributed by atoms with Crippen LogP contribution in [0.25, 0.3) is 11.0 Å². The Morgan fingerprint density at radius 2 is 2.08 bits per heavy atom. The van der Waals surface area contributed by atoms with Gasteiger partial charge in [-0.25, -0.2) is 5.43 Å². The molecule has 5 nitrogen and oxygen atoms in total. The third kappa shape index (κ3) is 2.97. The summed E-state index contributed by atoms with van der Waals surface area (Å²) in [4.78, 5) is 12.1. The van der Waals surface area contributed by atoms with E-state index in [1.54, 1.807) is 12.3 Å². The molecular weight excluding hydrogens is 302 g/mol. The van der Waals surface area contributed by atoms with Crippen molar-refractivity contribution in [1.29, 1.82) is 0 Å². The van der Waals surface area contributed by atoms with E-state index in [-0.39, 0.29) is 11.7 Å². The smallest absolute Gasteiger partial charge is 0.307 e. The van der Waals surface area contributed by atoms with Gasteiger partial charge >= 0.3 is 5.91 Å². The molecule has 0 unspecified atom stereocenters. The Morgan fingerprint density at radius 1 is 1.25 bits per heavy atom. The summed E-state index contributed by atoms with van der Waals surface area (Å²) in [5, 5.41) is 4.93. The van der Waals surface area contributed by atoms with Crippen LogP contribution in [0, 0.1) is 0 Å². The maximum atomic E-state index is 12.1. The number of amides is 1. The number of benzene rings is 1. The average Bonchev–Trinajstić information content (AvgIpc) is 3.33. The fourth-order valence-electron chi connectivity index (χ4n) is 3.25. The van der Waals surface area contributed by atoms with E-state index in [9.17, 15) is 4.79 Å². The van der Waals surface area contributed by atoms with Crippen LogP contribution in [0.5, 0.6) is 0 Å². The summed E-state index contributed by atoms with van der Waals surface area (Å²) in [6.07, 6.45) is 10.9. The molecule has 24 heavy (non-hydrogen) atoms. The predicted molar refractivity (Wildman–Crippen MR) is 93.2 cm³/mol. The summed E-state index contributed by atoms with van der Waals surface area (Å²) in [5.41, 5.74) is 4.19. The van der Waals surface area contributed by atoms with E-state index in [4.69, 9.17) is 4.42 Å². The van der Waals surface area contributed by atoms with Gasteiger partial charge in [0.2, 0.25) is 0 Å². The molecule has 0 atom stereocenters. The molecule has 3 aromatic rings. The van der Waals surface area contributed by atoms with Gasteiger partial charge in [0.25, 0.3) is 0 Å². The fraction of sp³-hybridized carbons (Fsp3) is 0.263. The first-order chi connectivity index (χ1) is 11.8.